The Morgan fingerprint density at radius 2 is 1.67 bits per heavy atom. The third-order valence-corrected chi connectivity index (χ3v) is 17.6. The van der Waals surface area contributed by atoms with Gasteiger partial charge in [-0.25, -0.2) is 14.1 Å². The lowest BCUT2D eigenvalue weighted by molar-refractivity contribution is -0.318. The number of benzene rings is 1. The van der Waals surface area contributed by atoms with E-state index in [9.17, 15) is 30.3 Å². The highest BCUT2D eigenvalue weighted by Crippen LogP contribution is 2.41. The number of anilines is 1. The number of thiazole rings is 1. The number of rotatable bonds is 6. The van der Waals surface area contributed by atoms with E-state index in [0.717, 1.165) is 16.0 Å². The molecule has 75 heavy (non-hydrogen) atoms. The zero-order chi connectivity index (χ0) is 54.9. The van der Waals surface area contributed by atoms with Gasteiger partial charge in [-0.2, -0.15) is 0 Å². The van der Waals surface area contributed by atoms with Crippen LogP contribution >= 0.6 is 11.3 Å². The maximum atomic E-state index is 15.0. The number of likely N-dealkylation sites (N-methyl/N-ethyl adjacent to an activating group) is 2. The summed E-state index contributed by atoms with van der Waals surface area (Å²) in [6, 6.07) is 4.99. The molecule has 20 nitrogen and oxygen atoms in total. The fourth-order valence-corrected chi connectivity index (χ4v) is 12.6. The molecule has 8 rings (SSSR count). The molecule has 0 spiro atoms. The molecule has 2 aromatic heterocycles. The van der Waals surface area contributed by atoms with Crippen molar-refractivity contribution in [2.75, 3.05) is 53.4 Å². The fraction of sp³-hybridized carbons (Fsp3) is 0.774. The number of fused-ring (bicyclic) bond motifs is 5. The number of halogens is 1. The van der Waals surface area contributed by atoms with Gasteiger partial charge in [-0.3, -0.25) is 9.69 Å². The third-order valence-electron chi connectivity index (χ3n) is 16.7. The molecule has 0 saturated carbocycles. The molecule has 0 amide bonds. The molecular formula is C53H84FN7O13S. The average Bonchev–Trinajstić information content (AvgIpc) is 4.06. The summed E-state index contributed by atoms with van der Waals surface area (Å²) in [7, 11) is 6.72. The summed E-state index contributed by atoms with van der Waals surface area (Å²) in [5.41, 5.74) is -2.65. The summed E-state index contributed by atoms with van der Waals surface area (Å²) in [6.07, 6.45) is -6.98. The zero-order valence-corrected chi connectivity index (χ0v) is 46.7. The van der Waals surface area contributed by atoms with E-state index in [1.807, 2.05) is 48.0 Å². The Labute approximate surface area is 445 Å². The van der Waals surface area contributed by atoms with E-state index in [4.69, 9.17) is 38.1 Å². The Balaban J connectivity index is 1.36. The maximum Gasteiger partial charge on any atom is 0.311 e. The Morgan fingerprint density at radius 1 is 0.960 bits per heavy atom. The van der Waals surface area contributed by atoms with Gasteiger partial charge in [0.15, 0.2) is 17.7 Å². The molecular weight excluding hydrogens is 994 g/mol. The van der Waals surface area contributed by atoms with Crippen LogP contribution in [0.4, 0.5) is 9.52 Å². The second kappa shape index (κ2) is 24.4. The molecule has 1 aromatic carbocycles. The number of aliphatic hydroxyl groups excluding tert-OH is 3. The van der Waals surface area contributed by atoms with Crippen LogP contribution in [0.25, 0.3) is 10.4 Å². The molecule has 0 aliphatic carbocycles. The quantitative estimate of drug-likeness (QED) is 0.189. The lowest BCUT2D eigenvalue weighted by Crippen LogP contribution is -2.61. The minimum Gasteiger partial charge on any atom is -0.459 e. The smallest absolute Gasteiger partial charge is 0.311 e. The molecule has 3 aromatic rings. The first-order valence-corrected chi connectivity index (χ1v) is 27.3. The summed E-state index contributed by atoms with van der Waals surface area (Å²) in [4.78, 5) is 24.2. The first kappa shape index (κ1) is 59.3. The molecule has 7 heterocycles. The summed E-state index contributed by atoms with van der Waals surface area (Å²) >= 11 is 1.39. The van der Waals surface area contributed by atoms with Gasteiger partial charge in [0, 0.05) is 76.6 Å². The number of nitrogens with one attached hydrogen (secondary N) is 1. The topological polar surface area (TPSA) is 245 Å². The van der Waals surface area contributed by atoms with Crippen LogP contribution in [0.5, 0.6) is 0 Å². The predicted molar refractivity (Wildman–Crippen MR) is 277 cm³/mol. The predicted octanol–water partition coefficient (Wildman–Crippen LogP) is 4.28. The molecule has 3 saturated heterocycles. The summed E-state index contributed by atoms with van der Waals surface area (Å²) in [5, 5.41) is 74.0. The summed E-state index contributed by atoms with van der Waals surface area (Å²) < 4.78 is 61.1. The molecule has 3 fully saturated rings. The summed E-state index contributed by atoms with van der Waals surface area (Å²) in [5.74, 6) is -2.79. The Kier molecular flexibility index (Phi) is 19.3. The Bertz CT molecular complexity index is 2310. The van der Waals surface area contributed by atoms with Gasteiger partial charge in [0.25, 0.3) is 0 Å². The number of aliphatic hydroxyl groups is 5. The van der Waals surface area contributed by atoms with E-state index in [2.05, 4.69) is 15.6 Å². The van der Waals surface area contributed by atoms with Crippen molar-refractivity contribution in [3.63, 3.8) is 0 Å². The van der Waals surface area contributed by atoms with Crippen LogP contribution in [0.15, 0.2) is 36.7 Å². The van der Waals surface area contributed by atoms with Crippen molar-refractivity contribution in [3.8, 4) is 10.4 Å². The average molecular weight is 1080 g/mol. The van der Waals surface area contributed by atoms with Crippen molar-refractivity contribution >= 4 is 22.4 Å². The highest BCUT2D eigenvalue weighted by atomic mass is 32.1. The van der Waals surface area contributed by atoms with Crippen LogP contribution in [0, 0.1) is 11.8 Å². The van der Waals surface area contributed by atoms with E-state index < -0.39 is 133 Å². The number of alkyl halides is 1. The molecule has 0 radical (unpaired) electrons. The van der Waals surface area contributed by atoms with Crippen LogP contribution in [0.1, 0.15) is 111 Å². The SMILES string of the molecule is CC[C@H]1OC(=O)[C@H](C)[C@@H](O[C@H]2C[C@@](C)(OC)[C@@H](O)[C@H](C)O2)[C@H](C)[C@H]2O[C@@H]3O[C@H](C)C[C@@H]([C@H]3O)N(C)CCc3cn(nn3)[C@H](CF)[C@H](OC)c3ccc(cc3)-c3cnc(s3)N[C@@H](CN(C)[C@H](C)[C@@H](O)[C@]1(C)O)C[C@@]2(C)O. The van der Waals surface area contributed by atoms with Crippen molar-refractivity contribution in [1.82, 2.24) is 29.8 Å². The van der Waals surface area contributed by atoms with Crippen LogP contribution < -0.4 is 5.32 Å². The zero-order valence-electron chi connectivity index (χ0n) is 45.9. The van der Waals surface area contributed by atoms with Gasteiger partial charge in [0.1, 0.15) is 48.8 Å². The van der Waals surface area contributed by atoms with Gasteiger partial charge in [-0.15, -0.1) is 5.10 Å². The van der Waals surface area contributed by atoms with Gasteiger partial charge >= 0.3 is 5.97 Å². The first-order chi connectivity index (χ1) is 35.3. The number of cyclic esters (lactones) is 1. The molecule has 10 bridgehead atoms. The van der Waals surface area contributed by atoms with Crippen molar-refractivity contribution in [2.45, 2.75) is 203 Å². The highest BCUT2D eigenvalue weighted by Gasteiger charge is 2.53. The van der Waals surface area contributed by atoms with E-state index in [0.29, 0.717) is 30.2 Å². The number of carbonyl (C=O) groups excluding carboxylic acids is 1. The van der Waals surface area contributed by atoms with Crippen molar-refractivity contribution in [1.29, 1.82) is 0 Å². The van der Waals surface area contributed by atoms with Gasteiger partial charge in [-0.1, -0.05) is 54.7 Å². The summed E-state index contributed by atoms with van der Waals surface area (Å²) in [6.45, 7) is 15.3. The lowest BCUT2D eigenvalue weighted by Gasteiger charge is -2.49. The number of nitrogens with zero attached hydrogens (tertiary/aromatic N) is 6. The Morgan fingerprint density at radius 3 is 2.32 bits per heavy atom. The number of hydrogen-bond acceptors (Lipinski definition) is 20. The van der Waals surface area contributed by atoms with Gasteiger partial charge in [0.2, 0.25) is 0 Å². The van der Waals surface area contributed by atoms with Crippen LogP contribution in [0.3, 0.4) is 0 Å². The lowest BCUT2D eigenvalue weighted by atomic mass is 9.78. The van der Waals surface area contributed by atoms with Crippen molar-refractivity contribution in [3.05, 3.63) is 47.9 Å². The molecule has 20 atom stereocenters. The van der Waals surface area contributed by atoms with Gasteiger partial charge in [-0.05, 0) is 93.0 Å². The van der Waals surface area contributed by atoms with E-state index in [1.165, 1.54) is 37.2 Å². The van der Waals surface area contributed by atoms with Crippen molar-refractivity contribution in [2.24, 2.45) is 11.8 Å². The second-order valence-corrected chi connectivity index (χ2v) is 23.4. The molecule has 0 unspecified atom stereocenters. The molecule has 6 N–H and O–H groups in total. The first-order valence-electron chi connectivity index (χ1n) is 26.4. The number of methoxy groups -OCH3 is 2. The van der Waals surface area contributed by atoms with Gasteiger partial charge < -0.3 is 68.9 Å². The minimum absolute atomic E-state index is 0.0281. The van der Waals surface area contributed by atoms with E-state index >= 15 is 4.39 Å². The molecule has 22 heteroatoms. The molecule has 5 aliphatic heterocycles. The minimum atomic E-state index is -1.93. The van der Waals surface area contributed by atoms with E-state index in [-0.39, 0.29) is 25.8 Å². The number of esters is 1. The largest absolute Gasteiger partial charge is 0.459 e. The fourth-order valence-electron chi connectivity index (χ4n) is 11.7. The van der Waals surface area contributed by atoms with Crippen molar-refractivity contribution < 1.29 is 67.9 Å². The molecule has 422 valence electrons. The Hall–Kier alpha value is -3.33. The maximum absolute atomic E-state index is 15.0. The number of carbonyl (C=O) groups is 1. The van der Waals surface area contributed by atoms with Crippen LogP contribution in [0.2, 0.25) is 0 Å². The highest BCUT2D eigenvalue weighted by molar-refractivity contribution is 7.18. The third kappa shape index (κ3) is 12.9. The number of aromatic nitrogens is 4. The van der Waals surface area contributed by atoms with Crippen LogP contribution in [-0.4, -0.2) is 206 Å². The second-order valence-electron chi connectivity index (χ2n) is 22.4. The van der Waals surface area contributed by atoms with Gasteiger partial charge in [0.05, 0.1) is 52.1 Å². The van der Waals surface area contributed by atoms with E-state index in [1.54, 1.807) is 67.9 Å². The standard InChI is InChI=1S/C53H84FN7O13S/c1-14-40-53(9,67)45(63)31(5)60(11)26-36-22-51(7,66)47(29(3)43(30(4)48(65)72-40)73-41-23-52(8,69-13)46(64)32(6)71-41)74-49-42(62)37(21-28(2)70-49)59(10)20-19-35-27-61(58-57-35)38(24-54)44(68-12)34-17-15-33(16-18-34)39-25-55-50(56-36)75-39/h15-18,25,27-32,36-38,40-47,49,62-64,66-67H,14,19-24,26H2,1-13H3,(H,55,56)/t28-,29+,30-,31-,32+,36-,37+,38-,40-,41+,42-,43+,44-,45-,46+,47-,49+,51-,52-,53-/m1/s1. The molecule has 5 aliphatic rings. The monoisotopic (exact) mass is 1080 g/mol. The number of hydrogen-bond donors (Lipinski definition) is 6. The normalized spacial score (nSPS) is 41.5. The van der Waals surface area contributed by atoms with Crippen LogP contribution in [-0.2, 0) is 44.4 Å². The number of ether oxygens (including phenoxy) is 7.